The average Bonchev–Trinajstić information content (AvgIpc) is 3.21. The van der Waals surface area contributed by atoms with Gasteiger partial charge in [-0.05, 0) is 60.7 Å². The van der Waals surface area contributed by atoms with Crippen LogP contribution in [0.15, 0.2) is 0 Å². The summed E-state index contributed by atoms with van der Waals surface area (Å²) in [5.74, 6) is 1.31. The molecule has 0 radical (unpaired) electrons. The SMILES string of the molecule is CC1(C)[C@@H]2CN(C(=O)[C@@H](CC3CCCCC3)C3CCCCC3)C(C(=O)NC(CC3CCC3)C(=O)C(N)O)[C@@H]21. The molecular formula is C31H51N3O4. The summed E-state index contributed by atoms with van der Waals surface area (Å²) in [7, 11) is 0. The largest absolute Gasteiger partial charge is 0.371 e. The van der Waals surface area contributed by atoms with Crippen LogP contribution in [0.5, 0.6) is 0 Å². The van der Waals surface area contributed by atoms with Gasteiger partial charge >= 0.3 is 0 Å². The van der Waals surface area contributed by atoms with Gasteiger partial charge in [0.1, 0.15) is 6.04 Å². The molecule has 7 heteroatoms. The summed E-state index contributed by atoms with van der Waals surface area (Å²) >= 11 is 0. The number of likely N-dealkylation sites (tertiary alicyclic amines) is 1. The van der Waals surface area contributed by atoms with Crippen LogP contribution in [0, 0.1) is 40.9 Å². The number of nitrogens with zero attached hydrogens (tertiary/aromatic N) is 1. The number of rotatable bonds is 10. The van der Waals surface area contributed by atoms with Crippen LogP contribution in [0.4, 0.5) is 0 Å². The fourth-order valence-corrected chi connectivity index (χ4v) is 8.61. The first-order chi connectivity index (χ1) is 18.2. The summed E-state index contributed by atoms with van der Waals surface area (Å²) in [4.78, 5) is 43.0. The second-order valence-corrected chi connectivity index (χ2v) is 14.1. The molecule has 1 saturated heterocycles. The lowest BCUT2D eigenvalue weighted by atomic mass is 9.73. The van der Waals surface area contributed by atoms with Gasteiger partial charge in [-0.2, -0.15) is 0 Å². The van der Waals surface area contributed by atoms with Crippen LogP contribution in [-0.4, -0.2) is 52.5 Å². The number of carbonyl (C=O) groups is 3. The van der Waals surface area contributed by atoms with Crippen LogP contribution < -0.4 is 11.1 Å². The number of aliphatic hydroxyl groups is 1. The van der Waals surface area contributed by atoms with E-state index in [-0.39, 0.29) is 29.1 Å². The molecule has 0 bridgehead atoms. The molecule has 1 heterocycles. The van der Waals surface area contributed by atoms with E-state index >= 15 is 0 Å². The number of Topliss-reactive ketones (excluding diaryl/α,β-unsaturated/α-hetero) is 1. The fraction of sp³-hybridized carbons (Fsp3) is 0.903. The van der Waals surface area contributed by atoms with Gasteiger partial charge in [-0.3, -0.25) is 20.1 Å². The molecule has 5 rings (SSSR count). The number of hydrogen-bond acceptors (Lipinski definition) is 5. The molecule has 0 aromatic carbocycles. The summed E-state index contributed by atoms with van der Waals surface area (Å²) in [5, 5.41) is 12.8. The molecule has 4 N–H and O–H groups in total. The highest BCUT2D eigenvalue weighted by Gasteiger charge is 2.69. The van der Waals surface area contributed by atoms with Crippen LogP contribution in [0.1, 0.15) is 110 Å². The highest BCUT2D eigenvalue weighted by atomic mass is 16.3. The third-order valence-corrected chi connectivity index (χ3v) is 11.4. The monoisotopic (exact) mass is 529 g/mol. The summed E-state index contributed by atoms with van der Waals surface area (Å²) < 4.78 is 0. The van der Waals surface area contributed by atoms with Crippen molar-refractivity contribution in [2.45, 2.75) is 128 Å². The van der Waals surface area contributed by atoms with Crippen molar-refractivity contribution >= 4 is 17.6 Å². The Morgan fingerprint density at radius 2 is 1.47 bits per heavy atom. The van der Waals surface area contributed by atoms with Gasteiger partial charge in [-0.1, -0.05) is 84.5 Å². The van der Waals surface area contributed by atoms with Crippen molar-refractivity contribution in [3.05, 3.63) is 0 Å². The van der Waals surface area contributed by atoms with Gasteiger partial charge < -0.3 is 15.3 Å². The lowest BCUT2D eigenvalue weighted by molar-refractivity contribution is -0.147. The summed E-state index contributed by atoms with van der Waals surface area (Å²) in [6.45, 7) is 5.04. The van der Waals surface area contributed by atoms with Gasteiger partial charge in [0.05, 0.1) is 6.04 Å². The van der Waals surface area contributed by atoms with E-state index in [1.165, 1.54) is 51.4 Å². The van der Waals surface area contributed by atoms with E-state index < -0.39 is 24.1 Å². The minimum atomic E-state index is -1.60. The lowest BCUT2D eigenvalue weighted by Crippen LogP contribution is -2.57. The number of piperidine rings is 1. The molecule has 0 aromatic heterocycles. The predicted molar refractivity (Wildman–Crippen MR) is 147 cm³/mol. The minimum absolute atomic E-state index is 0.00702. The zero-order valence-corrected chi connectivity index (χ0v) is 23.7. The second-order valence-electron chi connectivity index (χ2n) is 14.1. The van der Waals surface area contributed by atoms with Gasteiger partial charge in [0, 0.05) is 12.5 Å². The summed E-state index contributed by atoms with van der Waals surface area (Å²) in [6.07, 6.45) is 15.3. The second kappa shape index (κ2) is 11.6. The molecule has 4 saturated carbocycles. The molecule has 38 heavy (non-hydrogen) atoms. The fourth-order valence-electron chi connectivity index (χ4n) is 8.61. The van der Waals surface area contributed by atoms with E-state index in [1.54, 1.807) is 0 Å². The molecular weight excluding hydrogens is 478 g/mol. The highest BCUT2D eigenvalue weighted by Crippen LogP contribution is 2.65. The first kappa shape index (κ1) is 28.1. The van der Waals surface area contributed by atoms with E-state index in [4.69, 9.17) is 5.73 Å². The number of nitrogens with two attached hydrogens (primary N) is 1. The topological polar surface area (TPSA) is 113 Å². The maximum absolute atomic E-state index is 14.4. The quantitative estimate of drug-likeness (QED) is 0.368. The van der Waals surface area contributed by atoms with Gasteiger partial charge in [-0.15, -0.1) is 0 Å². The standard InChI is InChI=1S/C31H51N3O4/c1-31(2)23-18-34(30(38)22(21-14-7-4-8-15-21)16-19-10-5-3-6-11-19)26(25(23)31)29(37)33-24(27(35)28(32)36)17-20-12-9-13-20/h19-26,28,36H,3-18,32H2,1-2H3,(H,33,37)/t22-,23+,24?,25+,26?,28?/m0/s1. The number of fused-ring (bicyclic) bond motifs is 1. The molecule has 214 valence electrons. The van der Waals surface area contributed by atoms with E-state index in [0.29, 0.717) is 36.6 Å². The molecule has 6 atom stereocenters. The molecule has 0 aromatic rings. The zero-order valence-electron chi connectivity index (χ0n) is 23.7. The van der Waals surface area contributed by atoms with Crippen molar-refractivity contribution in [2.75, 3.05) is 6.54 Å². The first-order valence-electron chi connectivity index (χ1n) is 15.8. The number of ketones is 1. The molecule has 5 aliphatic rings. The Labute approximate surface area is 229 Å². The van der Waals surface area contributed by atoms with Crippen molar-refractivity contribution in [3.63, 3.8) is 0 Å². The van der Waals surface area contributed by atoms with E-state index in [0.717, 1.165) is 38.5 Å². The Kier molecular flexibility index (Phi) is 8.54. The first-order valence-corrected chi connectivity index (χ1v) is 15.8. The van der Waals surface area contributed by atoms with E-state index in [2.05, 4.69) is 19.2 Å². The van der Waals surface area contributed by atoms with Crippen molar-refractivity contribution in [2.24, 2.45) is 46.7 Å². The van der Waals surface area contributed by atoms with Crippen molar-refractivity contribution in [3.8, 4) is 0 Å². The molecule has 0 spiro atoms. The van der Waals surface area contributed by atoms with Crippen LogP contribution in [0.3, 0.4) is 0 Å². The average molecular weight is 530 g/mol. The van der Waals surface area contributed by atoms with Crippen LogP contribution in [0.25, 0.3) is 0 Å². The number of amides is 2. The van der Waals surface area contributed by atoms with Crippen LogP contribution >= 0.6 is 0 Å². The number of nitrogens with one attached hydrogen (secondary N) is 1. The smallest absolute Gasteiger partial charge is 0.243 e. The highest BCUT2D eigenvalue weighted by molar-refractivity contribution is 5.95. The molecule has 3 unspecified atom stereocenters. The zero-order chi connectivity index (χ0) is 27.0. The van der Waals surface area contributed by atoms with E-state index in [1.807, 2.05) is 4.90 Å². The van der Waals surface area contributed by atoms with E-state index in [9.17, 15) is 19.5 Å². The Morgan fingerprint density at radius 3 is 2.05 bits per heavy atom. The van der Waals surface area contributed by atoms with Crippen LogP contribution in [-0.2, 0) is 14.4 Å². The minimum Gasteiger partial charge on any atom is -0.371 e. The Bertz CT molecular complexity index is 872. The number of hydrogen-bond donors (Lipinski definition) is 3. The van der Waals surface area contributed by atoms with Gasteiger partial charge in [0.25, 0.3) is 0 Å². The maximum atomic E-state index is 14.4. The Hall–Kier alpha value is -1.47. The molecule has 1 aliphatic heterocycles. The lowest BCUT2D eigenvalue weighted by Gasteiger charge is -2.39. The Morgan fingerprint density at radius 1 is 0.895 bits per heavy atom. The third-order valence-electron chi connectivity index (χ3n) is 11.4. The Balaban J connectivity index is 1.35. The molecule has 2 amide bonds. The predicted octanol–water partition coefficient (Wildman–Crippen LogP) is 4.16. The molecule has 7 nitrogen and oxygen atoms in total. The normalized spacial score (nSPS) is 32.1. The van der Waals surface area contributed by atoms with Crippen molar-refractivity contribution in [1.29, 1.82) is 0 Å². The van der Waals surface area contributed by atoms with Gasteiger partial charge in [0.15, 0.2) is 12.0 Å². The van der Waals surface area contributed by atoms with Crippen molar-refractivity contribution in [1.82, 2.24) is 10.2 Å². The summed E-state index contributed by atoms with van der Waals surface area (Å²) in [5.41, 5.74) is 5.57. The summed E-state index contributed by atoms with van der Waals surface area (Å²) in [6, 6.07) is -1.33. The van der Waals surface area contributed by atoms with Gasteiger partial charge in [-0.25, -0.2) is 0 Å². The third kappa shape index (κ3) is 5.70. The maximum Gasteiger partial charge on any atom is 0.243 e. The van der Waals surface area contributed by atoms with Gasteiger partial charge in [0.2, 0.25) is 11.8 Å². The molecule has 4 aliphatic carbocycles. The number of carbonyl (C=O) groups excluding carboxylic acids is 3. The molecule has 5 fully saturated rings. The van der Waals surface area contributed by atoms with Crippen LogP contribution in [0.2, 0.25) is 0 Å². The number of aliphatic hydroxyl groups excluding tert-OH is 1. The van der Waals surface area contributed by atoms with Crippen molar-refractivity contribution < 1.29 is 19.5 Å².